The van der Waals surface area contributed by atoms with Gasteiger partial charge in [0.25, 0.3) is 5.91 Å². The van der Waals surface area contributed by atoms with Crippen LogP contribution in [0.4, 0.5) is 5.69 Å². The van der Waals surface area contributed by atoms with Crippen molar-refractivity contribution in [1.82, 2.24) is 14.9 Å². The zero-order valence-electron chi connectivity index (χ0n) is 12.4. The molecule has 5 heteroatoms. The van der Waals surface area contributed by atoms with Gasteiger partial charge in [0.2, 0.25) is 0 Å². The van der Waals surface area contributed by atoms with Crippen molar-refractivity contribution >= 4 is 11.6 Å². The molecule has 110 valence electrons. The Kier molecular flexibility index (Phi) is 5.26. The first-order valence-electron chi connectivity index (χ1n) is 7.11. The van der Waals surface area contributed by atoms with Crippen molar-refractivity contribution in [3.63, 3.8) is 0 Å². The van der Waals surface area contributed by atoms with E-state index in [2.05, 4.69) is 15.3 Å². The minimum Gasteiger partial charge on any atom is -0.381 e. The van der Waals surface area contributed by atoms with Crippen LogP contribution in [-0.4, -0.2) is 33.9 Å². The van der Waals surface area contributed by atoms with Crippen LogP contribution in [0.1, 0.15) is 29.8 Å². The van der Waals surface area contributed by atoms with Crippen molar-refractivity contribution in [3.8, 4) is 0 Å². The van der Waals surface area contributed by atoms with Gasteiger partial charge < -0.3 is 10.2 Å². The van der Waals surface area contributed by atoms with Crippen LogP contribution in [0.3, 0.4) is 0 Å². The summed E-state index contributed by atoms with van der Waals surface area (Å²) in [4.78, 5) is 22.1. The molecule has 1 N–H and O–H groups in total. The smallest absolute Gasteiger partial charge is 0.253 e. The summed E-state index contributed by atoms with van der Waals surface area (Å²) in [5.74, 6) is 0.0618. The number of aromatic nitrogens is 2. The molecule has 1 heterocycles. The van der Waals surface area contributed by atoms with Crippen LogP contribution in [0.2, 0.25) is 0 Å². The van der Waals surface area contributed by atoms with Gasteiger partial charge in [-0.05, 0) is 32.0 Å². The first-order chi connectivity index (χ1) is 10.2. The minimum absolute atomic E-state index is 0.0618. The second-order valence-electron chi connectivity index (χ2n) is 4.66. The number of hydrogen-bond acceptors (Lipinski definition) is 4. The Morgan fingerprint density at radius 1 is 1.19 bits per heavy atom. The van der Waals surface area contributed by atoms with Gasteiger partial charge >= 0.3 is 0 Å². The number of rotatable bonds is 6. The Bertz CT molecular complexity index is 582. The highest BCUT2D eigenvalue weighted by molar-refractivity contribution is 5.95. The fourth-order valence-corrected chi connectivity index (χ4v) is 2.08. The lowest BCUT2D eigenvalue weighted by Gasteiger charge is -2.19. The van der Waals surface area contributed by atoms with Gasteiger partial charge in [-0.25, -0.2) is 9.97 Å². The molecular weight excluding hydrogens is 264 g/mol. The maximum absolute atomic E-state index is 12.3. The number of nitrogens with zero attached hydrogens (tertiary/aromatic N) is 3. The van der Waals surface area contributed by atoms with Gasteiger partial charge in [-0.15, -0.1) is 0 Å². The van der Waals surface area contributed by atoms with Crippen molar-refractivity contribution in [2.75, 3.05) is 18.4 Å². The highest BCUT2D eigenvalue weighted by Gasteiger charge is 2.12. The van der Waals surface area contributed by atoms with E-state index >= 15 is 0 Å². The van der Waals surface area contributed by atoms with Gasteiger partial charge in [0.15, 0.2) is 0 Å². The molecule has 0 spiro atoms. The van der Waals surface area contributed by atoms with Crippen LogP contribution < -0.4 is 5.32 Å². The predicted octanol–water partition coefficient (Wildman–Crippen LogP) is 2.57. The predicted molar refractivity (Wildman–Crippen MR) is 83.1 cm³/mol. The van der Waals surface area contributed by atoms with E-state index in [1.807, 2.05) is 43.0 Å². The van der Waals surface area contributed by atoms with E-state index in [-0.39, 0.29) is 5.91 Å². The van der Waals surface area contributed by atoms with Crippen LogP contribution in [0.25, 0.3) is 0 Å². The first kappa shape index (κ1) is 15.0. The molecule has 2 rings (SSSR count). The number of amides is 1. The van der Waals surface area contributed by atoms with Crippen molar-refractivity contribution in [2.24, 2.45) is 0 Å². The van der Waals surface area contributed by atoms with E-state index < -0.39 is 0 Å². The summed E-state index contributed by atoms with van der Waals surface area (Å²) in [7, 11) is 0. The Labute approximate surface area is 125 Å². The Balaban J connectivity index is 2.05. The minimum atomic E-state index is 0.0618. The first-order valence-corrected chi connectivity index (χ1v) is 7.11. The topological polar surface area (TPSA) is 58.1 Å². The van der Waals surface area contributed by atoms with Gasteiger partial charge in [0.05, 0.1) is 0 Å². The lowest BCUT2D eigenvalue weighted by Crippen LogP contribution is -2.30. The number of benzene rings is 1. The van der Waals surface area contributed by atoms with E-state index in [1.54, 1.807) is 12.4 Å². The third kappa shape index (κ3) is 4.02. The van der Waals surface area contributed by atoms with Crippen LogP contribution in [-0.2, 0) is 6.54 Å². The quantitative estimate of drug-likeness (QED) is 0.885. The van der Waals surface area contributed by atoms with Crippen molar-refractivity contribution in [1.29, 1.82) is 0 Å². The molecule has 1 aromatic heterocycles. The molecule has 0 saturated heterocycles. The maximum Gasteiger partial charge on any atom is 0.253 e. The SMILES string of the molecule is CCN(CC)C(=O)c1cccc(NCc2cncnc2)c1. The average molecular weight is 284 g/mol. The highest BCUT2D eigenvalue weighted by atomic mass is 16.2. The monoisotopic (exact) mass is 284 g/mol. The van der Waals surface area contributed by atoms with Crippen LogP contribution >= 0.6 is 0 Å². The molecule has 1 amide bonds. The largest absolute Gasteiger partial charge is 0.381 e. The summed E-state index contributed by atoms with van der Waals surface area (Å²) >= 11 is 0. The lowest BCUT2D eigenvalue weighted by atomic mass is 10.1. The van der Waals surface area contributed by atoms with E-state index in [4.69, 9.17) is 0 Å². The Hall–Kier alpha value is -2.43. The summed E-state index contributed by atoms with van der Waals surface area (Å²) in [6.07, 6.45) is 5.04. The molecule has 0 saturated carbocycles. The summed E-state index contributed by atoms with van der Waals surface area (Å²) in [6, 6.07) is 7.56. The molecule has 21 heavy (non-hydrogen) atoms. The molecule has 0 fully saturated rings. The number of anilines is 1. The van der Waals surface area contributed by atoms with Crippen molar-refractivity contribution in [3.05, 3.63) is 54.1 Å². The Morgan fingerprint density at radius 3 is 2.57 bits per heavy atom. The van der Waals surface area contributed by atoms with Gasteiger partial charge in [0, 0.05) is 48.8 Å². The second kappa shape index (κ2) is 7.38. The number of nitrogens with one attached hydrogen (secondary N) is 1. The molecule has 0 radical (unpaired) electrons. The molecule has 0 bridgehead atoms. The van der Waals surface area contributed by atoms with Crippen molar-refractivity contribution < 1.29 is 4.79 Å². The summed E-state index contributed by atoms with van der Waals surface area (Å²) < 4.78 is 0. The zero-order chi connectivity index (χ0) is 15.1. The molecule has 0 aliphatic rings. The van der Waals surface area contributed by atoms with E-state index in [1.165, 1.54) is 6.33 Å². The van der Waals surface area contributed by atoms with Crippen LogP contribution in [0, 0.1) is 0 Å². The zero-order valence-corrected chi connectivity index (χ0v) is 12.4. The van der Waals surface area contributed by atoms with E-state index in [9.17, 15) is 4.79 Å². The highest BCUT2D eigenvalue weighted by Crippen LogP contribution is 2.13. The fraction of sp³-hybridized carbons (Fsp3) is 0.312. The Morgan fingerprint density at radius 2 is 1.90 bits per heavy atom. The van der Waals surface area contributed by atoms with Gasteiger partial charge in [-0.2, -0.15) is 0 Å². The standard InChI is InChI=1S/C16H20N4O/c1-3-20(4-2)16(21)14-6-5-7-15(8-14)19-11-13-9-17-12-18-10-13/h5-10,12,19H,3-4,11H2,1-2H3. The molecule has 1 aromatic carbocycles. The van der Waals surface area contributed by atoms with E-state index in [0.29, 0.717) is 25.2 Å². The number of carbonyl (C=O) groups is 1. The summed E-state index contributed by atoms with van der Waals surface area (Å²) in [6.45, 7) is 6.03. The lowest BCUT2D eigenvalue weighted by molar-refractivity contribution is 0.0773. The van der Waals surface area contributed by atoms with Crippen LogP contribution in [0.5, 0.6) is 0 Å². The van der Waals surface area contributed by atoms with Crippen LogP contribution in [0.15, 0.2) is 43.0 Å². The third-order valence-corrected chi connectivity index (χ3v) is 3.27. The van der Waals surface area contributed by atoms with Gasteiger partial charge in [-0.3, -0.25) is 4.79 Å². The summed E-state index contributed by atoms with van der Waals surface area (Å²) in [5, 5.41) is 3.28. The van der Waals surface area contributed by atoms with Crippen molar-refractivity contribution in [2.45, 2.75) is 20.4 Å². The van der Waals surface area contributed by atoms with E-state index in [0.717, 1.165) is 11.3 Å². The molecule has 2 aromatic rings. The number of carbonyl (C=O) groups excluding carboxylic acids is 1. The molecule has 0 unspecified atom stereocenters. The molecule has 0 aliphatic carbocycles. The molecular formula is C16H20N4O. The molecule has 5 nitrogen and oxygen atoms in total. The normalized spacial score (nSPS) is 10.2. The van der Waals surface area contributed by atoms with Gasteiger partial charge in [-0.1, -0.05) is 6.07 Å². The average Bonchev–Trinajstić information content (AvgIpc) is 2.55. The molecule has 0 aliphatic heterocycles. The second-order valence-corrected chi connectivity index (χ2v) is 4.66. The van der Waals surface area contributed by atoms with Gasteiger partial charge in [0.1, 0.15) is 6.33 Å². The summed E-state index contributed by atoms with van der Waals surface area (Å²) in [5.41, 5.74) is 2.61. The maximum atomic E-state index is 12.3. The fourth-order valence-electron chi connectivity index (χ4n) is 2.08. The molecule has 0 atom stereocenters. The number of hydrogen-bond donors (Lipinski definition) is 1. The third-order valence-electron chi connectivity index (χ3n) is 3.27.